The molecule has 0 N–H and O–H groups in total. The standard InChI is InChI=1S/C25H26Cl4O3/c26-18-12-13-19(23(29)15-18)25(30)31-14-5-1-2-7-17-8-3-4-11-24(17)32-16-20-21(27)9-6-10-22(20)28/h1,5-6,9-10,12-13,15,17,24H,2-4,7-8,11,14,16H2/b5-1+/t17-,24-/m0/s1. The summed E-state index contributed by atoms with van der Waals surface area (Å²) in [6.45, 7) is 0.631. The van der Waals surface area contributed by atoms with Crippen LogP contribution in [0.2, 0.25) is 20.1 Å². The largest absolute Gasteiger partial charge is 0.458 e. The molecule has 0 amide bonds. The summed E-state index contributed by atoms with van der Waals surface area (Å²) in [5.41, 5.74) is 1.16. The van der Waals surface area contributed by atoms with E-state index in [1.807, 2.05) is 30.4 Å². The summed E-state index contributed by atoms with van der Waals surface area (Å²) in [5.74, 6) is 0.0281. The number of carbonyl (C=O) groups is 1. The van der Waals surface area contributed by atoms with E-state index in [1.165, 1.54) is 18.9 Å². The molecule has 7 heteroatoms. The van der Waals surface area contributed by atoms with Gasteiger partial charge in [-0.05, 0) is 61.9 Å². The van der Waals surface area contributed by atoms with E-state index in [0.29, 0.717) is 33.2 Å². The van der Waals surface area contributed by atoms with Crippen molar-refractivity contribution in [1.82, 2.24) is 0 Å². The lowest BCUT2D eigenvalue weighted by molar-refractivity contribution is -0.0232. The zero-order chi connectivity index (χ0) is 22.9. The molecule has 1 aliphatic carbocycles. The second-order valence-corrected chi connectivity index (χ2v) is 9.52. The van der Waals surface area contributed by atoms with Gasteiger partial charge in [0.15, 0.2) is 0 Å². The number of hydrogen-bond donors (Lipinski definition) is 0. The number of carbonyl (C=O) groups excluding carboxylic acids is 1. The Bertz CT molecular complexity index is 925. The normalized spacial score (nSPS) is 18.8. The average Bonchev–Trinajstić information content (AvgIpc) is 2.76. The van der Waals surface area contributed by atoms with E-state index in [1.54, 1.807) is 12.1 Å². The molecule has 0 aliphatic heterocycles. The molecule has 32 heavy (non-hydrogen) atoms. The van der Waals surface area contributed by atoms with Gasteiger partial charge < -0.3 is 9.47 Å². The van der Waals surface area contributed by atoms with Crippen molar-refractivity contribution in [3.8, 4) is 0 Å². The predicted molar refractivity (Wildman–Crippen MR) is 132 cm³/mol. The Labute approximate surface area is 209 Å². The highest BCUT2D eigenvalue weighted by atomic mass is 35.5. The Hall–Kier alpha value is -1.23. The number of esters is 1. The molecule has 0 unspecified atom stereocenters. The van der Waals surface area contributed by atoms with Crippen LogP contribution in [0.3, 0.4) is 0 Å². The maximum atomic E-state index is 12.1. The summed E-state index contributed by atoms with van der Waals surface area (Å²) in [7, 11) is 0. The fourth-order valence-electron chi connectivity index (χ4n) is 3.94. The van der Waals surface area contributed by atoms with E-state index in [9.17, 15) is 4.79 Å². The third-order valence-electron chi connectivity index (χ3n) is 5.68. The molecule has 0 bridgehead atoms. The highest BCUT2D eigenvalue weighted by Crippen LogP contribution is 2.33. The molecule has 2 atom stereocenters. The van der Waals surface area contributed by atoms with Crippen LogP contribution in [0.15, 0.2) is 48.6 Å². The third kappa shape index (κ3) is 7.40. The molecular formula is C25H26Cl4O3. The summed E-state index contributed by atoms with van der Waals surface area (Å²) in [6.07, 6.45) is 10.6. The van der Waals surface area contributed by atoms with Crippen molar-refractivity contribution in [2.45, 2.75) is 51.2 Å². The van der Waals surface area contributed by atoms with E-state index in [-0.39, 0.29) is 17.7 Å². The highest BCUT2D eigenvalue weighted by molar-refractivity contribution is 6.36. The molecule has 1 saturated carbocycles. The van der Waals surface area contributed by atoms with Crippen molar-refractivity contribution in [3.63, 3.8) is 0 Å². The SMILES string of the molecule is O=C(OC/C=C/CC[C@H]1CCCC[C@@H]1OCc1c(Cl)cccc1Cl)c1ccc(Cl)cc1Cl. The van der Waals surface area contributed by atoms with E-state index in [0.717, 1.165) is 31.2 Å². The minimum absolute atomic E-state index is 0.202. The van der Waals surface area contributed by atoms with Gasteiger partial charge in [0.25, 0.3) is 0 Å². The van der Waals surface area contributed by atoms with Crippen molar-refractivity contribution in [2.24, 2.45) is 5.92 Å². The molecule has 1 aliphatic rings. The number of benzene rings is 2. The van der Waals surface area contributed by atoms with Crippen LogP contribution in [-0.2, 0) is 16.1 Å². The van der Waals surface area contributed by atoms with E-state index < -0.39 is 5.97 Å². The highest BCUT2D eigenvalue weighted by Gasteiger charge is 2.25. The number of allylic oxidation sites excluding steroid dienone is 1. The van der Waals surface area contributed by atoms with Gasteiger partial charge in [-0.25, -0.2) is 4.79 Å². The van der Waals surface area contributed by atoms with Crippen LogP contribution in [0.1, 0.15) is 54.4 Å². The van der Waals surface area contributed by atoms with Gasteiger partial charge in [-0.3, -0.25) is 0 Å². The van der Waals surface area contributed by atoms with Crippen molar-refractivity contribution in [2.75, 3.05) is 6.61 Å². The summed E-state index contributed by atoms with van der Waals surface area (Å²) < 4.78 is 11.5. The van der Waals surface area contributed by atoms with Gasteiger partial charge in [-0.2, -0.15) is 0 Å². The molecule has 0 spiro atoms. The zero-order valence-electron chi connectivity index (χ0n) is 17.7. The second-order valence-electron chi connectivity index (χ2n) is 7.87. The molecule has 2 aromatic rings. The van der Waals surface area contributed by atoms with Crippen molar-refractivity contribution < 1.29 is 14.3 Å². The summed E-state index contributed by atoms with van der Waals surface area (Å²) >= 11 is 24.4. The lowest BCUT2D eigenvalue weighted by Crippen LogP contribution is -2.27. The Kier molecular flexibility index (Phi) is 10.2. The monoisotopic (exact) mass is 514 g/mol. The quantitative estimate of drug-likeness (QED) is 0.248. The minimum atomic E-state index is -0.463. The third-order valence-corrected chi connectivity index (χ3v) is 6.93. The molecule has 3 rings (SSSR count). The first-order chi connectivity index (χ1) is 15.5. The van der Waals surface area contributed by atoms with Crippen LogP contribution in [0.25, 0.3) is 0 Å². The van der Waals surface area contributed by atoms with E-state index >= 15 is 0 Å². The molecule has 1 fully saturated rings. The first-order valence-electron chi connectivity index (χ1n) is 10.8. The summed E-state index contributed by atoms with van der Waals surface area (Å²) in [6, 6.07) is 10.2. The molecule has 0 radical (unpaired) electrons. The maximum absolute atomic E-state index is 12.1. The molecule has 172 valence electrons. The lowest BCUT2D eigenvalue weighted by Gasteiger charge is -2.31. The topological polar surface area (TPSA) is 35.5 Å². The smallest absolute Gasteiger partial charge is 0.339 e. The number of ether oxygens (including phenoxy) is 2. The van der Waals surface area contributed by atoms with Crippen LogP contribution in [0.5, 0.6) is 0 Å². The molecule has 0 aromatic heterocycles. The van der Waals surface area contributed by atoms with Gasteiger partial charge in [0, 0.05) is 20.6 Å². The number of rotatable bonds is 9. The van der Waals surface area contributed by atoms with Gasteiger partial charge in [0.1, 0.15) is 6.61 Å². The lowest BCUT2D eigenvalue weighted by atomic mass is 9.83. The average molecular weight is 516 g/mol. The molecular weight excluding hydrogens is 490 g/mol. The van der Waals surface area contributed by atoms with E-state index in [4.69, 9.17) is 55.9 Å². The van der Waals surface area contributed by atoms with Crippen molar-refractivity contribution in [3.05, 3.63) is 79.8 Å². The molecule has 3 nitrogen and oxygen atoms in total. The van der Waals surface area contributed by atoms with Crippen LogP contribution in [0, 0.1) is 5.92 Å². The van der Waals surface area contributed by atoms with Crippen LogP contribution >= 0.6 is 46.4 Å². The second kappa shape index (κ2) is 12.9. The Morgan fingerprint density at radius 2 is 1.72 bits per heavy atom. The van der Waals surface area contributed by atoms with Gasteiger partial charge in [-0.1, -0.05) is 77.5 Å². The number of hydrogen-bond acceptors (Lipinski definition) is 3. The fourth-order valence-corrected chi connectivity index (χ4v) is 4.93. The van der Waals surface area contributed by atoms with Crippen LogP contribution in [0.4, 0.5) is 0 Å². The summed E-state index contributed by atoms with van der Waals surface area (Å²) in [5, 5.41) is 2.05. The van der Waals surface area contributed by atoms with Crippen LogP contribution < -0.4 is 0 Å². The van der Waals surface area contributed by atoms with Crippen molar-refractivity contribution >= 4 is 52.4 Å². The molecule has 0 heterocycles. The molecule has 2 aromatic carbocycles. The van der Waals surface area contributed by atoms with E-state index in [2.05, 4.69) is 0 Å². The van der Waals surface area contributed by atoms with Gasteiger partial charge in [0.2, 0.25) is 0 Å². The Morgan fingerprint density at radius 1 is 0.969 bits per heavy atom. The van der Waals surface area contributed by atoms with Crippen LogP contribution in [-0.4, -0.2) is 18.7 Å². The van der Waals surface area contributed by atoms with Gasteiger partial charge in [-0.15, -0.1) is 0 Å². The zero-order valence-corrected chi connectivity index (χ0v) is 20.7. The minimum Gasteiger partial charge on any atom is -0.458 e. The van der Waals surface area contributed by atoms with Gasteiger partial charge in [0.05, 0.1) is 23.3 Å². The van der Waals surface area contributed by atoms with Crippen molar-refractivity contribution in [1.29, 1.82) is 0 Å². The number of halogens is 4. The first kappa shape index (κ1) is 25.4. The first-order valence-corrected chi connectivity index (χ1v) is 12.3. The van der Waals surface area contributed by atoms with Gasteiger partial charge >= 0.3 is 5.97 Å². The predicted octanol–water partition coefficient (Wildman–Crippen LogP) is 8.57. The molecule has 0 saturated heterocycles. The summed E-state index contributed by atoms with van der Waals surface area (Å²) in [4.78, 5) is 12.1. The fraction of sp³-hybridized carbons (Fsp3) is 0.400. The Morgan fingerprint density at radius 3 is 2.47 bits per heavy atom. The Balaban J connectivity index is 1.42. The maximum Gasteiger partial charge on any atom is 0.339 e.